The van der Waals surface area contributed by atoms with Gasteiger partial charge in [-0.3, -0.25) is 4.79 Å². The van der Waals surface area contributed by atoms with E-state index in [9.17, 15) is 4.79 Å². The van der Waals surface area contributed by atoms with Crippen LogP contribution >= 0.6 is 24.0 Å². The summed E-state index contributed by atoms with van der Waals surface area (Å²) in [6, 6.07) is 16.5. The summed E-state index contributed by atoms with van der Waals surface area (Å²) in [6.07, 6.45) is 6.72. The average molecular weight is 618 g/mol. The number of hydrogen-bond donors (Lipinski definition) is 3. The van der Waals surface area contributed by atoms with E-state index >= 15 is 0 Å². The minimum atomic E-state index is -0.473. The van der Waals surface area contributed by atoms with Gasteiger partial charge in [-0.25, -0.2) is 24.1 Å². The highest BCUT2D eigenvalue weighted by molar-refractivity contribution is 6.32. The molecule has 1 aliphatic heterocycles. The van der Waals surface area contributed by atoms with Gasteiger partial charge in [-0.2, -0.15) is 10.2 Å². The van der Waals surface area contributed by atoms with Gasteiger partial charge in [0.25, 0.3) is 5.91 Å². The standard InChI is InChI=1S/C29H25ClN10O2.ClH/c30-21-12-18(7-8-23(21)42-19-9-11-39-24(13-19)33-16-36-39)37-29(41)26-25-27(31)34-15-35-28(25)40(38-26)22-6-2-1-5-20(22)17-4-3-10-32-14-17;/h1-2,5-9,11-13,15-17,32H,3-4,10,14H2,(H,37,41)(H2,31,34,35);1H. The van der Waals surface area contributed by atoms with Gasteiger partial charge in [0.2, 0.25) is 0 Å². The number of carbonyl (C=O) groups excluding carboxylic acids is 1. The van der Waals surface area contributed by atoms with Crippen molar-refractivity contribution in [1.82, 2.24) is 39.7 Å². The molecule has 0 aliphatic carbocycles. The van der Waals surface area contributed by atoms with Crippen LogP contribution in [-0.4, -0.2) is 53.3 Å². The first kappa shape index (κ1) is 28.3. The van der Waals surface area contributed by atoms with Crippen LogP contribution in [0.5, 0.6) is 11.5 Å². The van der Waals surface area contributed by atoms with Crippen molar-refractivity contribution in [3.63, 3.8) is 0 Å². The van der Waals surface area contributed by atoms with Crippen LogP contribution in [0.15, 0.2) is 73.4 Å². The van der Waals surface area contributed by atoms with Crippen LogP contribution in [0.3, 0.4) is 0 Å². The van der Waals surface area contributed by atoms with Crippen molar-refractivity contribution in [3.05, 3.63) is 89.7 Å². The Bertz CT molecular complexity index is 1950. The van der Waals surface area contributed by atoms with Crippen LogP contribution in [-0.2, 0) is 0 Å². The quantitative estimate of drug-likeness (QED) is 0.234. The number of hydrogen-bond acceptors (Lipinski definition) is 9. The number of nitrogens with one attached hydrogen (secondary N) is 2. The predicted molar refractivity (Wildman–Crippen MR) is 166 cm³/mol. The maximum Gasteiger partial charge on any atom is 0.277 e. The van der Waals surface area contributed by atoms with Crippen molar-refractivity contribution in [1.29, 1.82) is 0 Å². The Labute approximate surface area is 256 Å². The third kappa shape index (κ3) is 5.43. The van der Waals surface area contributed by atoms with Gasteiger partial charge < -0.3 is 21.1 Å². The number of aromatic nitrogens is 7. The number of benzene rings is 2. The first-order chi connectivity index (χ1) is 20.5. The molecule has 6 aromatic rings. The van der Waals surface area contributed by atoms with Gasteiger partial charge in [-0.1, -0.05) is 29.8 Å². The van der Waals surface area contributed by atoms with Crippen LogP contribution in [0.1, 0.15) is 34.8 Å². The number of nitrogen functional groups attached to an aromatic ring is 1. The molecule has 2 aromatic carbocycles. The highest BCUT2D eigenvalue weighted by Gasteiger charge is 2.25. The summed E-state index contributed by atoms with van der Waals surface area (Å²) in [5.74, 6) is 0.969. The van der Waals surface area contributed by atoms with Gasteiger partial charge in [-0.05, 0) is 61.2 Å². The molecule has 4 aromatic heterocycles. The first-order valence-corrected chi connectivity index (χ1v) is 13.8. The van der Waals surface area contributed by atoms with Crippen molar-refractivity contribution < 1.29 is 9.53 Å². The number of halogens is 2. The fraction of sp³-hybridized carbons (Fsp3) is 0.172. The van der Waals surface area contributed by atoms with Gasteiger partial charge >= 0.3 is 0 Å². The summed E-state index contributed by atoms with van der Waals surface area (Å²) >= 11 is 6.53. The Morgan fingerprint density at radius 3 is 2.81 bits per heavy atom. The molecule has 0 radical (unpaired) electrons. The normalized spacial score (nSPS) is 14.9. The van der Waals surface area contributed by atoms with Crippen LogP contribution in [0.4, 0.5) is 11.5 Å². The molecule has 43 heavy (non-hydrogen) atoms. The molecule has 12 nitrogen and oxygen atoms in total. The molecular weight excluding hydrogens is 591 g/mol. The average Bonchev–Trinajstić information content (AvgIpc) is 3.64. The second kappa shape index (κ2) is 11.8. The molecule has 1 aliphatic rings. The van der Waals surface area contributed by atoms with Gasteiger partial charge in [0.1, 0.15) is 30.0 Å². The molecule has 7 rings (SSSR count). The Kier molecular flexibility index (Phi) is 7.80. The van der Waals surface area contributed by atoms with Crippen LogP contribution in [0.25, 0.3) is 22.4 Å². The number of amides is 1. The minimum absolute atomic E-state index is 0. The van der Waals surface area contributed by atoms with E-state index in [1.807, 2.05) is 18.2 Å². The number of rotatable bonds is 6. The zero-order chi connectivity index (χ0) is 28.6. The van der Waals surface area contributed by atoms with E-state index in [0.717, 1.165) is 37.2 Å². The Morgan fingerprint density at radius 1 is 1.09 bits per heavy atom. The molecule has 1 fully saturated rings. The number of piperidine rings is 1. The molecule has 14 heteroatoms. The zero-order valence-corrected chi connectivity index (χ0v) is 24.2. The lowest BCUT2D eigenvalue weighted by Crippen LogP contribution is -2.29. The number of pyridine rings is 1. The maximum absolute atomic E-state index is 13.6. The van der Waals surface area contributed by atoms with Crippen LogP contribution in [0, 0.1) is 0 Å². The van der Waals surface area contributed by atoms with Gasteiger partial charge in [0, 0.05) is 24.5 Å². The summed E-state index contributed by atoms with van der Waals surface area (Å²) in [5, 5.41) is 15.8. The predicted octanol–water partition coefficient (Wildman–Crippen LogP) is 5.03. The summed E-state index contributed by atoms with van der Waals surface area (Å²) in [6.45, 7) is 1.88. The van der Waals surface area contributed by atoms with Crippen molar-refractivity contribution in [3.8, 4) is 17.2 Å². The SMILES string of the molecule is Cl.Nc1ncnc2c1c(C(=O)Nc1ccc(Oc3ccn4ncnc4c3)c(Cl)c1)nn2-c1ccccc1C1CCCNC1. The lowest BCUT2D eigenvalue weighted by Gasteiger charge is -2.25. The Balaban J connectivity index is 0.00000329. The third-order valence-corrected chi connectivity index (χ3v) is 7.58. The number of ether oxygens (including phenoxy) is 1. The van der Waals surface area contributed by atoms with Gasteiger partial charge in [0.05, 0.1) is 16.1 Å². The number of carbonyl (C=O) groups is 1. The van der Waals surface area contributed by atoms with Crippen molar-refractivity contribution in [2.45, 2.75) is 18.8 Å². The molecule has 0 bridgehead atoms. The van der Waals surface area contributed by atoms with E-state index in [1.165, 1.54) is 12.7 Å². The third-order valence-electron chi connectivity index (χ3n) is 7.28. The summed E-state index contributed by atoms with van der Waals surface area (Å²) in [4.78, 5) is 26.4. The van der Waals surface area contributed by atoms with Gasteiger partial charge in [0.15, 0.2) is 17.0 Å². The molecule has 4 N–H and O–H groups in total. The first-order valence-electron chi connectivity index (χ1n) is 13.4. The smallest absolute Gasteiger partial charge is 0.277 e. The van der Waals surface area contributed by atoms with Crippen LogP contribution < -0.4 is 21.1 Å². The fourth-order valence-electron chi connectivity index (χ4n) is 5.28. The monoisotopic (exact) mass is 616 g/mol. The summed E-state index contributed by atoms with van der Waals surface area (Å²) in [5.41, 5.74) is 9.90. The number of fused-ring (bicyclic) bond motifs is 2. The van der Waals surface area contributed by atoms with E-state index in [1.54, 1.807) is 45.7 Å². The summed E-state index contributed by atoms with van der Waals surface area (Å²) in [7, 11) is 0. The van der Waals surface area contributed by atoms with Crippen LogP contribution in [0.2, 0.25) is 5.02 Å². The van der Waals surface area contributed by atoms with Crippen molar-refractivity contribution in [2.75, 3.05) is 24.1 Å². The van der Waals surface area contributed by atoms with E-state index < -0.39 is 5.91 Å². The summed E-state index contributed by atoms with van der Waals surface area (Å²) < 4.78 is 9.25. The number of anilines is 2. The molecule has 1 amide bonds. The molecule has 1 atom stereocenters. The lowest BCUT2D eigenvalue weighted by atomic mass is 9.90. The largest absolute Gasteiger partial charge is 0.456 e. The van der Waals surface area contributed by atoms with E-state index in [-0.39, 0.29) is 23.9 Å². The topological polar surface area (TPSA) is 150 Å². The highest BCUT2D eigenvalue weighted by Crippen LogP contribution is 2.34. The molecule has 218 valence electrons. The molecule has 0 spiro atoms. The maximum atomic E-state index is 13.6. The van der Waals surface area contributed by atoms with Crippen molar-refractivity contribution >= 4 is 58.1 Å². The number of para-hydroxylation sites is 1. The van der Waals surface area contributed by atoms with E-state index in [2.05, 4.69) is 36.8 Å². The second-order valence-electron chi connectivity index (χ2n) is 9.95. The zero-order valence-electron chi connectivity index (χ0n) is 22.6. The lowest BCUT2D eigenvalue weighted by molar-refractivity contribution is 0.102. The molecule has 5 heterocycles. The molecule has 1 saturated heterocycles. The molecule has 0 saturated carbocycles. The molecular formula is C29H26Cl2N10O2. The fourth-order valence-corrected chi connectivity index (χ4v) is 5.50. The van der Waals surface area contributed by atoms with Crippen molar-refractivity contribution in [2.24, 2.45) is 0 Å². The van der Waals surface area contributed by atoms with E-state index in [0.29, 0.717) is 44.8 Å². The Morgan fingerprint density at radius 2 is 1.98 bits per heavy atom. The highest BCUT2D eigenvalue weighted by atomic mass is 35.5. The molecule has 1 unspecified atom stereocenters. The Hall–Kier alpha value is -4.78. The number of nitrogens with zero attached hydrogens (tertiary/aromatic N) is 7. The second-order valence-corrected chi connectivity index (χ2v) is 10.4. The number of nitrogens with two attached hydrogens (primary N) is 1. The van der Waals surface area contributed by atoms with E-state index in [4.69, 9.17) is 27.2 Å². The van der Waals surface area contributed by atoms with Gasteiger partial charge in [-0.15, -0.1) is 12.4 Å². The minimum Gasteiger partial charge on any atom is -0.456 e.